The molecule has 2 N–H and O–H groups in total. The molecule has 6 nitrogen and oxygen atoms in total. The van der Waals surface area contributed by atoms with E-state index in [4.69, 9.17) is 9.84 Å². The highest BCUT2D eigenvalue weighted by Crippen LogP contribution is 2.44. The molecule has 0 heterocycles. The fourth-order valence-electron chi connectivity index (χ4n) is 1.93. The maximum atomic E-state index is 13.3. The molecule has 0 aromatic heterocycles. The highest BCUT2D eigenvalue weighted by atomic mass is 32.2. The zero-order valence-electron chi connectivity index (χ0n) is 10.7. The Morgan fingerprint density at radius 1 is 1.45 bits per heavy atom. The van der Waals surface area contributed by atoms with E-state index in [1.54, 1.807) is 0 Å². The van der Waals surface area contributed by atoms with E-state index in [0.29, 0.717) is 12.8 Å². The van der Waals surface area contributed by atoms with Crippen LogP contribution in [0.2, 0.25) is 0 Å². The van der Waals surface area contributed by atoms with Gasteiger partial charge in [0.2, 0.25) is 10.0 Å². The van der Waals surface area contributed by atoms with Crippen molar-refractivity contribution in [2.75, 3.05) is 18.4 Å². The lowest BCUT2D eigenvalue weighted by molar-refractivity contribution is 0.0696. The first-order valence-electron chi connectivity index (χ1n) is 5.85. The third kappa shape index (κ3) is 2.75. The molecule has 0 unspecified atom stereocenters. The van der Waals surface area contributed by atoms with E-state index in [0.717, 1.165) is 18.2 Å². The molecule has 8 heteroatoms. The smallest absolute Gasteiger partial charge is 0.335 e. The Morgan fingerprint density at radius 3 is 2.60 bits per heavy atom. The minimum absolute atomic E-state index is 0.0451. The number of methoxy groups -OCH3 is 1. The summed E-state index contributed by atoms with van der Waals surface area (Å²) in [7, 11) is -2.35. The Morgan fingerprint density at radius 2 is 2.10 bits per heavy atom. The average Bonchev–Trinajstić information content (AvgIpc) is 3.09. The molecule has 1 aliphatic carbocycles. The molecule has 0 amide bonds. The minimum atomic E-state index is -3.76. The molecule has 1 saturated carbocycles. The van der Waals surface area contributed by atoms with Gasteiger partial charge in [-0.1, -0.05) is 0 Å². The Balaban J connectivity index is 2.28. The lowest BCUT2D eigenvalue weighted by Crippen LogP contribution is -2.33. The fraction of sp³-hybridized carbons (Fsp3) is 0.417. The molecule has 0 aliphatic heterocycles. The number of nitrogens with one attached hydrogen (secondary N) is 1. The van der Waals surface area contributed by atoms with Crippen molar-refractivity contribution in [3.05, 3.63) is 29.6 Å². The molecule has 0 atom stereocenters. The van der Waals surface area contributed by atoms with Crippen molar-refractivity contribution in [1.82, 2.24) is 0 Å². The summed E-state index contributed by atoms with van der Waals surface area (Å²) < 4.78 is 43.8. The molecule has 110 valence electrons. The van der Waals surface area contributed by atoms with E-state index >= 15 is 0 Å². The van der Waals surface area contributed by atoms with E-state index in [1.807, 2.05) is 0 Å². The fourth-order valence-corrected chi connectivity index (χ4v) is 3.49. The quantitative estimate of drug-likeness (QED) is 0.829. The van der Waals surface area contributed by atoms with Crippen molar-refractivity contribution < 1.29 is 27.4 Å². The summed E-state index contributed by atoms with van der Waals surface area (Å²) in [5.74, 6) is -2.15. The zero-order valence-corrected chi connectivity index (χ0v) is 11.5. The van der Waals surface area contributed by atoms with Crippen molar-refractivity contribution in [1.29, 1.82) is 0 Å². The van der Waals surface area contributed by atoms with Gasteiger partial charge in [-0.2, -0.15) is 0 Å². The van der Waals surface area contributed by atoms with Crippen LogP contribution in [0, 0.1) is 5.82 Å². The molecule has 0 spiro atoms. The first kappa shape index (κ1) is 14.7. The number of carbonyl (C=O) groups is 1. The van der Waals surface area contributed by atoms with Crippen molar-refractivity contribution in [3.63, 3.8) is 0 Å². The van der Waals surface area contributed by atoms with Gasteiger partial charge in [-0.25, -0.2) is 17.6 Å². The van der Waals surface area contributed by atoms with Crippen LogP contribution in [0.5, 0.6) is 0 Å². The van der Waals surface area contributed by atoms with Gasteiger partial charge in [-0.05, 0) is 31.0 Å². The largest absolute Gasteiger partial charge is 0.478 e. The second-order valence-corrected chi connectivity index (χ2v) is 6.83. The van der Waals surface area contributed by atoms with Gasteiger partial charge in [-0.3, -0.25) is 4.72 Å². The number of rotatable bonds is 6. The van der Waals surface area contributed by atoms with Gasteiger partial charge in [0.1, 0.15) is 10.6 Å². The van der Waals surface area contributed by atoms with Crippen LogP contribution in [-0.4, -0.2) is 38.0 Å². The molecule has 20 heavy (non-hydrogen) atoms. The Hall–Kier alpha value is -1.67. The van der Waals surface area contributed by atoms with Crippen LogP contribution < -0.4 is 4.72 Å². The SMILES string of the molecule is COCC1(S(=O)(=O)Nc2cc(F)cc(C(=O)O)c2)CC1. The third-order valence-corrected chi connectivity index (χ3v) is 5.35. The van der Waals surface area contributed by atoms with Crippen LogP contribution >= 0.6 is 0 Å². The molecule has 0 bridgehead atoms. The number of hydrogen-bond donors (Lipinski definition) is 2. The van der Waals surface area contributed by atoms with Crippen molar-refractivity contribution in [2.24, 2.45) is 0 Å². The summed E-state index contributed by atoms with van der Waals surface area (Å²) in [6.07, 6.45) is 0.911. The second-order valence-electron chi connectivity index (χ2n) is 4.76. The molecule has 1 aromatic rings. The molecule has 1 aliphatic rings. The topological polar surface area (TPSA) is 92.7 Å². The number of carboxylic acids is 1. The van der Waals surface area contributed by atoms with Crippen LogP contribution in [-0.2, 0) is 14.8 Å². The highest BCUT2D eigenvalue weighted by molar-refractivity contribution is 7.94. The first-order chi connectivity index (χ1) is 9.29. The zero-order chi connectivity index (χ0) is 15.0. The molecule has 0 radical (unpaired) electrons. The summed E-state index contributed by atoms with van der Waals surface area (Å²) in [6, 6.07) is 2.83. The normalized spacial score (nSPS) is 16.7. The maximum Gasteiger partial charge on any atom is 0.335 e. The van der Waals surface area contributed by atoms with Crippen molar-refractivity contribution in [3.8, 4) is 0 Å². The molecule has 1 aromatic carbocycles. The van der Waals surface area contributed by atoms with Crippen molar-refractivity contribution in [2.45, 2.75) is 17.6 Å². The number of anilines is 1. The average molecular weight is 303 g/mol. The summed E-state index contributed by atoms with van der Waals surface area (Å²) in [6.45, 7) is 0.0451. The number of benzene rings is 1. The number of aromatic carboxylic acids is 1. The second kappa shape index (κ2) is 5.02. The van der Waals surface area contributed by atoms with Gasteiger partial charge in [0.05, 0.1) is 17.9 Å². The number of sulfonamides is 1. The molecular formula is C12H14FNO5S. The molecule has 1 fully saturated rings. The molecular weight excluding hydrogens is 289 g/mol. The lowest BCUT2D eigenvalue weighted by Gasteiger charge is -2.17. The van der Waals surface area contributed by atoms with Gasteiger partial charge in [-0.15, -0.1) is 0 Å². The number of halogens is 1. The van der Waals surface area contributed by atoms with Crippen LogP contribution in [0.3, 0.4) is 0 Å². The van der Waals surface area contributed by atoms with Gasteiger partial charge >= 0.3 is 5.97 Å². The van der Waals surface area contributed by atoms with Gasteiger partial charge < -0.3 is 9.84 Å². The Bertz CT molecular complexity index is 639. The van der Waals surface area contributed by atoms with Crippen LogP contribution in [0.1, 0.15) is 23.2 Å². The van der Waals surface area contributed by atoms with E-state index in [1.165, 1.54) is 7.11 Å². The summed E-state index contributed by atoms with van der Waals surface area (Å²) in [5, 5.41) is 8.82. The van der Waals surface area contributed by atoms with Crippen LogP contribution in [0.4, 0.5) is 10.1 Å². The Labute approximate surface area is 115 Å². The molecule has 0 saturated heterocycles. The third-order valence-electron chi connectivity index (χ3n) is 3.18. The minimum Gasteiger partial charge on any atom is -0.478 e. The lowest BCUT2D eigenvalue weighted by atomic mass is 10.2. The van der Waals surface area contributed by atoms with Gasteiger partial charge in [0.15, 0.2) is 0 Å². The maximum absolute atomic E-state index is 13.3. The van der Waals surface area contributed by atoms with Crippen molar-refractivity contribution >= 4 is 21.7 Å². The van der Waals surface area contributed by atoms with Gasteiger partial charge in [0.25, 0.3) is 0 Å². The van der Waals surface area contributed by atoms with Gasteiger partial charge in [0, 0.05) is 7.11 Å². The van der Waals surface area contributed by atoms with E-state index in [-0.39, 0.29) is 17.9 Å². The van der Waals surface area contributed by atoms with Crippen LogP contribution in [0.25, 0.3) is 0 Å². The first-order valence-corrected chi connectivity index (χ1v) is 7.33. The summed E-state index contributed by atoms with van der Waals surface area (Å²) >= 11 is 0. The monoisotopic (exact) mass is 303 g/mol. The molecule has 2 rings (SSSR count). The number of ether oxygens (including phenoxy) is 1. The predicted molar refractivity (Wildman–Crippen MR) is 69.7 cm³/mol. The standard InChI is InChI=1S/C12H14FNO5S/c1-19-7-12(2-3-12)20(17,18)14-10-5-8(11(15)16)4-9(13)6-10/h4-6,14H,2-3,7H2,1H3,(H,15,16). The summed E-state index contributed by atoms with van der Waals surface area (Å²) in [5.41, 5.74) is -0.427. The van der Waals surface area contributed by atoms with Crippen LogP contribution in [0.15, 0.2) is 18.2 Å². The van der Waals surface area contributed by atoms with E-state index in [9.17, 15) is 17.6 Å². The van der Waals surface area contributed by atoms with E-state index in [2.05, 4.69) is 4.72 Å². The predicted octanol–water partition coefficient (Wildman–Crippen LogP) is 1.44. The highest BCUT2D eigenvalue weighted by Gasteiger charge is 2.54. The Kier molecular flexibility index (Phi) is 3.70. The number of hydrogen-bond acceptors (Lipinski definition) is 4. The summed E-state index contributed by atoms with van der Waals surface area (Å²) in [4.78, 5) is 10.8. The number of carboxylic acid groups (broad SMARTS) is 1. The van der Waals surface area contributed by atoms with E-state index < -0.39 is 26.6 Å².